The van der Waals surface area contributed by atoms with Crippen molar-refractivity contribution in [3.63, 3.8) is 0 Å². The molecule has 0 saturated carbocycles. The predicted octanol–water partition coefficient (Wildman–Crippen LogP) is 2.58. The van der Waals surface area contributed by atoms with Crippen molar-refractivity contribution in [2.75, 3.05) is 31.0 Å². The summed E-state index contributed by atoms with van der Waals surface area (Å²) in [4.78, 5) is 11.7. The van der Waals surface area contributed by atoms with E-state index in [4.69, 9.17) is 15.2 Å². The van der Waals surface area contributed by atoms with Gasteiger partial charge in [-0.15, -0.1) is 0 Å². The highest BCUT2D eigenvalue weighted by Crippen LogP contribution is 2.22. The quantitative estimate of drug-likeness (QED) is 0.468. The first-order chi connectivity index (χ1) is 8.69. The maximum Gasteiger partial charge on any atom is 0.341 e. The highest BCUT2D eigenvalue weighted by atomic mass is 32.2. The lowest BCUT2D eigenvalue weighted by atomic mass is 10.2. The number of nitrogens with two attached hydrogens (primary N) is 1. The second-order valence-corrected chi connectivity index (χ2v) is 4.66. The van der Waals surface area contributed by atoms with Crippen LogP contribution >= 0.6 is 11.8 Å². The Balaban J connectivity index is 2.73. The molecule has 4 nitrogen and oxygen atoms in total. The fourth-order valence-electron chi connectivity index (χ4n) is 1.43. The van der Waals surface area contributed by atoms with Crippen LogP contribution in [0.1, 0.15) is 23.7 Å². The van der Waals surface area contributed by atoms with Crippen molar-refractivity contribution in [3.05, 3.63) is 23.8 Å². The van der Waals surface area contributed by atoms with Crippen molar-refractivity contribution in [1.29, 1.82) is 0 Å². The molecule has 0 atom stereocenters. The lowest BCUT2D eigenvalue weighted by Crippen LogP contribution is -2.09. The molecule has 100 valence electrons. The minimum Gasteiger partial charge on any atom is -0.493 e. The van der Waals surface area contributed by atoms with Gasteiger partial charge in [0, 0.05) is 5.69 Å². The minimum atomic E-state index is -0.398. The molecule has 0 aliphatic carbocycles. The van der Waals surface area contributed by atoms with E-state index in [9.17, 15) is 4.79 Å². The van der Waals surface area contributed by atoms with Gasteiger partial charge in [0.2, 0.25) is 0 Å². The van der Waals surface area contributed by atoms with Crippen molar-refractivity contribution < 1.29 is 14.3 Å². The standard InChI is InChI=1S/C13H19NO3S/c1-3-16-13(15)11-9-10(14)5-6-12(11)17-7-4-8-18-2/h5-6,9H,3-4,7-8,14H2,1-2H3. The van der Waals surface area contributed by atoms with E-state index in [0.29, 0.717) is 30.2 Å². The van der Waals surface area contributed by atoms with Gasteiger partial charge >= 0.3 is 5.97 Å². The normalized spacial score (nSPS) is 10.1. The van der Waals surface area contributed by atoms with Crippen LogP contribution in [0, 0.1) is 0 Å². The summed E-state index contributed by atoms with van der Waals surface area (Å²) in [6.45, 7) is 2.68. The van der Waals surface area contributed by atoms with E-state index < -0.39 is 5.97 Å². The SMILES string of the molecule is CCOC(=O)c1cc(N)ccc1OCCCSC. The maximum atomic E-state index is 11.7. The lowest BCUT2D eigenvalue weighted by Gasteiger charge is -2.11. The van der Waals surface area contributed by atoms with Gasteiger partial charge < -0.3 is 15.2 Å². The van der Waals surface area contributed by atoms with Crippen molar-refractivity contribution in [2.45, 2.75) is 13.3 Å². The average molecular weight is 269 g/mol. The summed E-state index contributed by atoms with van der Waals surface area (Å²) < 4.78 is 10.6. The van der Waals surface area contributed by atoms with Crippen molar-refractivity contribution in [1.82, 2.24) is 0 Å². The molecule has 2 N–H and O–H groups in total. The van der Waals surface area contributed by atoms with E-state index in [-0.39, 0.29) is 0 Å². The van der Waals surface area contributed by atoms with Gasteiger partial charge in [0.25, 0.3) is 0 Å². The number of nitrogen functional groups attached to an aromatic ring is 1. The molecule has 0 aromatic heterocycles. The van der Waals surface area contributed by atoms with Gasteiger partial charge in [-0.25, -0.2) is 4.79 Å². The van der Waals surface area contributed by atoms with E-state index >= 15 is 0 Å². The molecule has 1 rings (SSSR count). The number of benzene rings is 1. The van der Waals surface area contributed by atoms with Crippen LogP contribution in [0.15, 0.2) is 18.2 Å². The van der Waals surface area contributed by atoms with Crippen LogP contribution in [0.2, 0.25) is 0 Å². The summed E-state index contributed by atoms with van der Waals surface area (Å²) in [5.74, 6) is 1.16. The third-order valence-electron chi connectivity index (χ3n) is 2.25. The topological polar surface area (TPSA) is 61.5 Å². The van der Waals surface area contributed by atoms with Gasteiger partial charge in [0.05, 0.1) is 13.2 Å². The number of hydrogen-bond donors (Lipinski definition) is 1. The fraction of sp³-hybridized carbons (Fsp3) is 0.462. The number of esters is 1. The van der Waals surface area contributed by atoms with Gasteiger partial charge in [0.1, 0.15) is 11.3 Å². The monoisotopic (exact) mass is 269 g/mol. The summed E-state index contributed by atoms with van der Waals surface area (Å²) in [5, 5.41) is 0. The third kappa shape index (κ3) is 4.49. The van der Waals surface area contributed by atoms with Crippen molar-refractivity contribution in [3.8, 4) is 5.75 Å². The van der Waals surface area contributed by atoms with Crippen LogP contribution in [0.3, 0.4) is 0 Å². The molecule has 0 spiro atoms. The molecule has 0 heterocycles. The molecule has 0 aliphatic heterocycles. The summed E-state index contributed by atoms with van der Waals surface area (Å²) in [5.41, 5.74) is 6.58. The summed E-state index contributed by atoms with van der Waals surface area (Å²) in [6, 6.07) is 5.01. The zero-order valence-corrected chi connectivity index (χ0v) is 11.6. The molecule has 0 unspecified atom stereocenters. The van der Waals surface area contributed by atoms with Crippen LogP contribution in [-0.2, 0) is 4.74 Å². The van der Waals surface area contributed by atoms with Gasteiger partial charge in [0.15, 0.2) is 0 Å². The first-order valence-corrected chi connectivity index (χ1v) is 7.26. The summed E-state index contributed by atoms with van der Waals surface area (Å²) >= 11 is 1.77. The van der Waals surface area contributed by atoms with Gasteiger partial charge in [-0.05, 0) is 43.6 Å². The van der Waals surface area contributed by atoms with E-state index in [2.05, 4.69) is 0 Å². The van der Waals surface area contributed by atoms with Crippen molar-refractivity contribution in [2.24, 2.45) is 0 Å². The van der Waals surface area contributed by atoms with Gasteiger partial charge in [-0.2, -0.15) is 11.8 Å². The van der Waals surface area contributed by atoms with Crippen LogP contribution in [0.4, 0.5) is 5.69 Å². The Labute approximate surface area is 112 Å². The molecule has 0 radical (unpaired) electrons. The fourth-order valence-corrected chi connectivity index (χ4v) is 1.83. The highest BCUT2D eigenvalue weighted by molar-refractivity contribution is 7.98. The molecular formula is C13H19NO3S. The Kier molecular flexibility index (Phi) is 6.43. The maximum absolute atomic E-state index is 11.7. The molecule has 0 fully saturated rings. The minimum absolute atomic E-state index is 0.333. The Bertz CT molecular complexity index is 396. The van der Waals surface area contributed by atoms with Gasteiger partial charge in [-0.3, -0.25) is 0 Å². The number of carbonyl (C=O) groups excluding carboxylic acids is 1. The highest BCUT2D eigenvalue weighted by Gasteiger charge is 2.14. The summed E-state index contributed by atoms with van der Waals surface area (Å²) in [7, 11) is 0. The molecule has 0 saturated heterocycles. The zero-order chi connectivity index (χ0) is 13.4. The van der Waals surface area contributed by atoms with E-state index in [1.165, 1.54) is 0 Å². The molecule has 18 heavy (non-hydrogen) atoms. The molecule has 0 aliphatic rings. The molecular weight excluding hydrogens is 250 g/mol. The number of anilines is 1. The van der Waals surface area contributed by atoms with Gasteiger partial charge in [-0.1, -0.05) is 0 Å². The molecule has 0 bridgehead atoms. The Morgan fingerprint density at radius 2 is 2.22 bits per heavy atom. The average Bonchev–Trinajstić information content (AvgIpc) is 2.36. The summed E-state index contributed by atoms with van der Waals surface area (Å²) in [6.07, 6.45) is 2.99. The van der Waals surface area contributed by atoms with Crippen LogP contribution in [0.25, 0.3) is 0 Å². The molecule has 1 aromatic carbocycles. The second-order valence-electron chi connectivity index (χ2n) is 3.67. The predicted molar refractivity (Wildman–Crippen MR) is 75.3 cm³/mol. The number of carbonyl (C=O) groups is 1. The first kappa shape index (κ1) is 14.7. The molecule has 1 aromatic rings. The van der Waals surface area contributed by atoms with E-state index in [0.717, 1.165) is 12.2 Å². The number of hydrogen-bond acceptors (Lipinski definition) is 5. The zero-order valence-electron chi connectivity index (χ0n) is 10.8. The number of ether oxygens (including phenoxy) is 2. The molecule has 5 heteroatoms. The number of thioether (sulfide) groups is 1. The molecule has 0 amide bonds. The van der Waals surface area contributed by atoms with Crippen LogP contribution < -0.4 is 10.5 Å². The first-order valence-electron chi connectivity index (χ1n) is 5.87. The van der Waals surface area contributed by atoms with Crippen molar-refractivity contribution >= 4 is 23.4 Å². The largest absolute Gasteiger partial charge is 0.493 e. The van der Waals surface area contributed by atoms with Crippen LogP contribution in [0.5, 0.6) is 5.75 Å². The lowest BCUT2D eigenvalue weighted by molar-refractivity contribution is 0.0522. The van der Waals surface area contributed by atoms with E-state index in [1.54, 1.807) is 36.9 Å². The second kappa shape index (κ2) is 7.87. The van der Waals surface area contributed by atoms with Crippen LogP contribution in [-0.4, -0.2) is 31.2 Å². The smallest absolute Gasteiger partial charge is 0.341 e. The van der Waals surface area contributed by atoms with E-state index in [1.807, 2.05) is 6.26 Å². The Hall–Kier alpha value is -1.36. The Morgan fingerprint density at radius 1 is 1.44 bits per heavy atom. The number of rotatable bonds is 7. The third-order valence-corrected chi connectivity index (χ3v) is 2.95. The Morgan fingerprint density at radius 3 is 2.89 bits per heavy atom.